The van der Waals surface area contributed by atoms with E-state index in [9.17, 15) is 0 Å². The summed E-state index contributed by atoms with van der Waals surface area (Å²) in [6.45, 7) is 5.61. The summed E-state index contributed by atoms with van der Waals surface area (Å²) >= 11 is 0. The van der Waals surface area contributed by atoms with Crippen LogP contribution < -0.4 is 4.90 Å². The fourth-order valence-corrected chi connectivity index (χ4v) is 2.08. The van der Waals surface area contributed by atoms with E-state index < -0.39 is 0 Å². The molecule has 0 atom stereocenters. The maximum atomic E-state index is 2.25. The number of hydrogen-bond acceptors (Lipinski definition) is 0. The molecule has 0 saturated carbocycles. The highest BCUT2D eigenvalue weighted by atomic mass is 15.1. The van der Waals surface area contributed by atoms with Gasteiger partial charge in [0.15, 0.2) is 0 Å². The van der Waals surface area contributed by atoms with E-state index in [2.05, 4.69) is 67.6 Å². The van der Waals surface area contributed by atoms with E-state index in [1.54, 1.807) is 4.90 Å². The second-order valence-corrected chi connectivity index (χ2v) is 4.43. The van der Waals surface area contributed by atoms with Crippen molar-refractivity contribution in [3.8, 4) is 0 Å². The van der Waals surface area contributed by atoms with Crippen LogP contribution in [0.3, 0.4) is 0 Å². The Morgan fingerprint density at radius 3 is 1.47 bits per heavy atom. The van der Waals surface area contributed by atoms with Crippen LogP contribution in [0.1, 0.15) is 18.1 Å². The molecule has 0 heterocycles. The Hall–Kier alpha value is -1.60. The first-order valence-corrected chi connectivity index (χ1v) is 6.30. The van der Waals surface area contributed by atoms with Crippen molar-refractivity contribution in [1.82, 2.24) is 0 Å². The van der Waals surface area contributed by atoms with Gasteiger partial charge < -0.3 is 4.90 Å². The summed E-state index contributed by atoms with van der Waals surface area (Å²) in [7, 11) is 0. The molecule has 1 nitrogen and oxygen atoms in total. The van der Waals surface area contributed by atoms with Gasteiger partial charge in [-0.15, -0.1) is 0 Å². The van der Waals surface area contributed by atoms with Gasteiger partial charge >= 0.3 is 0 Å². The molecule has 0 radical (unpaired) electrons. The van der Waals surface area contributed by atoms with Gasteiger partial charge in [-0.05, 0) is 6.92 Å². The van der Waals surface area contributed by atoms with Crippen molar-refractivity contribution in [1.29, 1.82) is 0 Å². The first-order valence-electron chi connectivity index (χ1n) is 6.30. The molecule has 0 spiro atoms. The van der Waals surface area contributed by atoms with Crippen molar-refractivity contribution in [3.63, 3.8) is 0 Å². The summed E-state index contributed by atoms with van der Waals surface area (Å²) in [5.74, 6) is 0. The molecule has 0 unspecified atom stereocenters. The minimum Gasteiger partial charge on any atom is -0.328 e. The average Bonchev–Trinajstić information content (AvgIpc) is 2.40. The van der Waals surface area contributed by atoms with E-state index in [0.717, 1.165) is 19.6 Å². The van der Waals surface area contributed by atoms with Gasteiger partial charge in [0.1, 0.15) is 13.1 Å². The summed E-state index contributed by atoms with van der Waals surface area (Å²) in [5, 5.41) is 0. The minimum atomic E-state index is 1.10. The molecular formula is C16H20N+. The summed E-state index contributed by atoms with van der Waals surface area (Å²) in [4.78, 5) is 1.60. The predicted molar refractivity (Wildman–Crippen MR) is 71.8 cm³/mol. The number of benzene rings is 2. The van der Waals surface area contributed by atoms with Crippen LogP contribution in [0.5, 0.6) is 0 Å². The third-order valence-electron chi connectivity index (χ3n) is 3.09. The summed E-state index contributed by atoms with van der Waals surface area (Å²) < 4.78 is 0. The molecule has 88 valence electrons. The summed E-state index contributed by atoms with van der Waals surface area (Å²) in [6.07, 6.45) is 0. The van der Waals surface area contributed by atoms with Crippen LogP contribution in [0.4, 0.5) is 0 Å². The maximum Gasteiger partial charge on any atom is 0.103 e. The molecule has 0 saturated heterocycles. The molecule has 0 amide bonds. The van der Waals surface area contributed by atoms with E-state index in [-0.39, 0.29) is 0 Å². The lowest BCUT2D eigenvalue weighted by atomic mass is 10.2. The van der Waals surface area contributed by atoms with Crippen molar-refractivity contribution < 1.29 is 4.90 Å². The highest BCUT2D eigenvalue weighted by molar-refractivity contribution is 5.14. The van der Waals surface area contributed by atoms with Crippen LogP contribution in [0.25, 0.3) is 0 Å². The topological polar surface area (TPSA) is 4.44 Å². The highest BCUT2D eigenvalue weighted by Crippen LogP contribution is 1.98. The zero-order valence-corrected chi connectivity index (χ0v) is 10.4. The van der Waals surface area contributed by atoms with Crippen LogP contribution in [0, 0.1) is 0 Å². The number of rotatable bonds is 5. The Kier molecular flexibility index (Phi) is 4.34. The summed E-state index contributed by atoms with van der Waals surface area (Å²) in [5.41, 5.74) is 2.83. The van der Waals surface area contributed by atoms with Gasteiger partial charge in [-0.1, -0.05) is 60.7 Å². The van der Waals surface area contributed by atoms with Gasteiger partial charge in [-0.2, -0.15) is 0 Å². The van der Waals surface area contributed by atoms with E-state index in [1.807, 2.05) is 0 Å². The standard InChI is InChI=1S/C16H19N/c1-2-17(13-15-9-5-3-6-10-15)14-16-11-7-4-8-12-16/h3-12H,2,13-14H2,1H3/p+1. The van der Waals surface area contributed by atoms with E-state index in [0.29, 0.717) is 0 Å². The predicted octanol–water partition coefficient (Wildman–Crippen LogP) is 2.29. The maximum absolute atomic E-state index is 2.25. The number of nitrogens with one attached hydrogen (secondary N) is 1. The highest BCUT2D eigenvalue weighted by Gasteiger charge is 2.07. The van der Waals surface area contributed by atoms with Crippen LogP contribution >= 0.6 is 0 Å². The first-order chi connectivity index (χ1) is 8.38. The molecule has 0 fully saturated rings. The Morgan fingerprint density at radius 1 is 0.706 bits per heavy atom. The smallest absolute Gasteiger partial charge is 0.103 e. The van der Waals surface area contributed by atoms with Gasteiger partial charge in [0.25, 0.3) is 0 Å². The van der Waals surface area contributed by atoms with Gasteiger partial charge in [0.2, 0.25) is 0 Å². The van der Waals surface area contributed by atoms with Gasteiger partial charge in [0.05, 0.1) is 6.54 Å². The third-order valence-corrected chi connectivity index (χ3v) is 3.09. The zero-order valence-electron chi connectivity index (χ0n) is 10.4. The normalized spacial score (nSPS) is 10.7. The van der Waals surface area contributed by atoms with Crippen molar-refractivity contribution >= 4 is 0 Å². The fourth-order valence-electron chi connectivity index (χ4n) is 2.08. The quantitative estimate of drug-likeness (QED) is 0.798. The lowest BCUT2D eigenvalue weighted by molar-refractivity contribution is -0.925. The SMILES string of the molecule is CC[NH+](Cc1ccccc1)Cc1ccccc1. The molecule has 1 N–H and O–H groups in total. The molecule has 2 aromatic rings. The molecule has 0 aliphatic heterocycles. The van der Waals surface area contributed by atoms with E-state index in [4.69, 9.17) is 0 Å². The second kappa shape index (κ2) is 6.21. The van der Waals surface area contributed by atoms with Gasteiger partial charge in [-0.25, -0.2) is 0 Å². The average molecular weight is 226 g/mol. The zero-order chi connectivity index (χ0) is 11.9. The van der Waals surface area contributed by atoms with Gasteiger partial charge in [-0.3, -0.25) is 0 Å². The lowest BCUT2D eigenvalue weighted by Crippen LogP contribution is -3.09. The Bertz CT molecular complexity index is 380. The van der Waals surface area contributed by atoms with Crippen molar-refractivity contribution in [3.05, 3.63) is 71.8 Å². The van der Waals surface area contributed by atoms with Crippen LogP contribution in [-0.2, 0) is 13.1 Å². The Labute approximate surface area is 104 Å². The molecule has 0 aliphatic rings. The second-order valence-electron chi connectivity index (χ2n) is 4.43. The van der Waals surface area contributed by atoms with E-state index >= 15 is 0 Å². The Morgan fingerprint density at radius 2 is 1.12 bits per heavy atom. The summed E-state index contributed by atoms with van der Waals surface area (Å²) in [6, 6.07) is 21.5. The van der Waals surface area contributed by atoms with Crippen molar-refractivity contribution in [2.45, 2.75) is 20.0 Å². The van der Waals surface area contributed by atoms with Crippen LogP contribution in [0.15, 0.2) is 60.7 Å². The first kappa shape index (κ1) is 11.9. The molecule has 2 rings (SSSR count). The van der Waals surface area contributed by atoms with Gasteiger partial charge in [0, 0.05) is 11.1 Å². The molecule has 17 heavy (non-hydrogen) atoms. The van der Waals surface area contributed by atoms with Crippen molar-refractivity contribution in [2.75, 3.05) is 6.54 Å². The Balaban J connectivity index is 1.98. The number of hydrogen-bond donors (Lipinski definition) is 1. The van der Waals surface area contributed by atoms with Crippen LogP contribution in [-0.4, -0.2) is 6.54 Å². The minimum absolute atomic E-state index is 1.10. The third kappa shape index (κ3) is 3.72. The van der Waals surface area contributed by atoms with Crippen molar-refractivity contribution in [2.24, 2.45) is 0 Å². The molecule has 0 aliphatic carbocycles. The van der Waals surface area contributed by atoms with Crippen LogP contribution in [0.2, 0.25) is 0 Å². The molecule has 2 aromatic carbocycles. The molecule has 0 bridgehead atoms. The van der Waals surface area contributed by atoms with E-state index in [1.165, 1.54) is 11.1 Å². The monoisotopic (exact) mass is 226 g/mol. The lowest BCUT2D eigenvalue weighted by Gasteiger charge is -2.17. The molecule has 1 heteroatoms. The fraction of sp³-hybridized carbons (Fsp3) is 0.250. The molecular weight excluding hydrogens is 206 g/mol. The molecule has 0 aromatic heterocycles. The number of quaternary nitrogens is 1. The largest absolute Gasteiger partial charge is 0.328 e.